The minimum absolute atomic E-state index is 0.300. The van der Waals surface area contributed by atoms with E-state index in [0.29, 0.717) is 6.54 Å². The lowest BCUT2D eigenvalue weighted by Crippen LogP contribution is -2.55. The van der Waals surface area contributed by atoms with Crippen molar-refractivity contribution in [2.45, 2.75) is 45.8 Å². The van der Waals surface area contributed by atoms with E-state index in [1.807, 2.05) is 30.3 Å². The average Bonchev–Trinajstić information content (AvgIpc) is 2.34. The van der Waals surface area contributed by atoms with E-state index in [1.54, 1.807) is 27.7 Å². The predicted octanol–water partition coefficient (Wildman–Crippen LogP) is 2.47. The Hall–Kier alpha value is -2.04. The highest BCUT2D eigenvalue weighted by Gasteiger charge is 2.34. The number of hydrogen-bond donors (Lipinski definition) is 2. The topological polar surface area (TPSA) is 69.6 Å². The monoisotopic (exact) mass is 278 g/mol. The van der Waals surface area contributed by atoms with Gasteiger partial charge in [0, 0.05) is 12.1 Å². The van der Waals surface area contributed by atoms with Gasteiger partial charge in [-0.1, -0.05) is 30.3 Å². The molecule has 0 unspecified atom stereocenters. The smallest absolute Gasteiger partial charge is 0.408 e. The highest BCUT2D eigenvalue weighted by atomic mass is 16.4. The van der Waals surface area contributed by atoms with E-state index in [-0.39, 0.29) is 5.91 Å². The van der Waals surface area contributed by atoms with E-state index < -0.39 is 17.7 Å². The van der Waals surface area contributed by atoms with E-state index in [9.17, 15) is 14.7 Å². The van der Waals surface area contributed by atoms with Gasteiger partial charge in [-0.15, -0.1) is 0 Å². The van der Waals surface area contributed by atoms with Gasteiger partial charge in [-0.2, -0.15) is 0 Å². The zero-order valence-electron chi connectivity index (χ0n) is 12.4. The standard InChI is InChI=1S/C15H22N2O3/c1-11(17(14(19)20)15(2,3)4)13(18)16-10-12-8-6-5-7-9-12/h5-9,11H,10H2,1-4H3,(H,16,18)(H,19,20)/t11-/m1/s1. The summed E-state index contributed by atoms with van der Waals surface area (Å²) in [5.41, 5.74) is 0.348. The molecule has 0 bridgehead atoms. The highest BCUT2D eigenvalue weighted by Crippen LogP contribution is 2.17. The van der Waals surface area contributed by atoms with Crippen LogP contribution in [0.5, 0.6) is 0 Å². The molecule has 1 aromatic rings. The van der Waals surface area contributed by atoms with Gasteiger partial charge in [0.1, 0.15) is 6.04 Å². The number of carbonyl (C=O) groups excluding carboxylic acids is 1. The summed E-state index contributed by atoms with van der Waals surface area (Å²) in [7, 11) is 0. The lowest BCUT2D eigenvalue weighted by atomic mass is 10.0. The van der Waals surface area contributed by atoms with Crippen LogP contribution in [-0.2, 0) is 11.3 Å². The number of amides is 2. The summed E-state index contributed by atoms with van der Waals surface area (Å²) in [6, 6.07) is 8.76. The van der Waals surface area contributed by atoms with Crippen molar-refractivity contribution in [1.29, 1.82) is 0 Å². The van der Waals surface area contributed by atoms with Gasteiger partial charge < -0.3 is 10.4 Å². The number of hydrogen-bond acceptors (Lipinski definition) is 2. The summed E-state index contributed by atoms with van der Waals surface area (Å²) in [5.74, 6) is -0.300. The summed E-state index contributed by atoms with van der Waals surface area (Å²) in [5, 5.41) is 12.0. The lowest BCUT2D eigenvalue weighted by molar-refractivity contribution is -0.127. The SMILES string of the molecule is C[C@H](C(=O)NCc1ccccc1)N(C(=O)O)C(C)(C)C. The molecule has 1 atom stereocenters. The fourth-order valence-corrected chi connectivity index (χ4v) is 2.08. The van der Waals surface area contributed by atoms with Crippen LogP contribution >= 0.6 is 0 Å². The molecule has 0 heterocycles. The van der Waals surface area contributed by atoms with Gasteiger partial charge in [0.2, 0.25) is 5.91 Å². The van der Waals surface area contributed by atoms with Gasteiger partial charge in [-0.05, 0) is 33.3 Å². The van der Waals surface area contributed by atoms with Crippen LogP contribution in [0, 0.1) is 0 Å². The maximum Gasteiger partial charge on any atom is 0.408 e. The maximum atomic E-state index is 12.1. The first-order valence-corrected chi connectivity index (χ1v) is 6.57. The third-order valence-corrected chi connectivity index (χ3v) is 3.01. The number of nitrogens with zero attached hydrogens (tertiary/aromatic N) is 1. The van der Waals surface area contributed by atoms with Crippen molar-refractivity contribution in [1.82, 2.24) is 10.2 Å². The average molecular weight is 278 g/mol. The Morgan fingerprint density at radius 2 is 1.80 bits per heavy atom. The molecule has 5 heteroatoms. The zero-order valence-corrected chi connectivity index (χ0v) is 12.4. The molecule has 0 saturated heterocycles. The van der Waals surface area contributed by atoms with Crippen molar-refractivity contribution in [3.8, 4) is 0 Å². The molecule has 0 radical (unpaired) electrons. The molecular formula is C15H22N2O3. The van der Waals surface area contributed by atoms with Crippen molar-refractivity contribution >= 4 is 12.0 Å². The molecule has 1 aromatic carbocycles. The Balaban J connectivity index is 2.68. The van der Waals surface area contributed by atoms with E-state index >= 15 is 0 Å². The number of carboxylic acid groups (broad SMARTS) is 1. The van der Waals surface area contributed by atoms with Crippen LogP contribution in [0.3, 0.4) is 0 Å². The summed E-state index contributed by atoms with van der Waals surface area (Å²) >= 11 is 0. The molecule has 1 rings (SSSR count). The fraction of sp³-hybridized carbons (Fsp3) is 0.467. The molecule has 0 fully saturated rings. The maximum absolute atomic E-state index is 12.1. The van der Waals surface area contributed by atoms with Crippen molar-refractivity contribution in [2.24, 2.45) is 0 Å². The first kappa shape index (κ1) is 16.0. The third kappa shape index (κ3) is 4.26. The molecule has 0 saturated carbocycles. The zero-order chi connectivity index (χ0) is 15.3. The Kier molecular flexibility index (Phi) is 5.13. The van der Waals surface area contributed by atoms with Crippen LogP contribution in [0.4, 0.5) is 4.79 Å². The van der Waals surface area contributed by atoms with Gasteiger partial charge >= 0.3 is 6.09 Å². The van der Waals surface area contributed by atoms with Crippen molar-refractivity contribution in [2.75, 3.05) is 0 Å². The number of nitrogens with one attached hydrogen (secondary N) is 1. The number of carbonyl (C=O) groups is 2. The van der Waals surface area contributed by atoms with E-state index in [1.165, 1.54) is 0 Å². The first-order valence-electron chi connectivity index (χ1n) is 6.57. The highest BCUT2D eigenvalue weighted by molar-refractivity contribution is 5.85. The second kappa shape index (κ2) is 6.41. The molecular weight excluding hydrogens is 256 g/mol. The minimum Gasteiger partial charge on any atom is -0.465 e. The quantitative estimate of drug-likeness (QED) is 0.889. The van der Waals surface area contributed by atoms with Crippen molar-refractivity contribution < 1.29 is 14.7 Å². The van der Waals surface area contributed by atoms with Gasteiger partial charge in [0.25, 0.3) is 0 Å². The molecule has 0 aliphatic rings. The van der Waals surface area contributed by atoms with Crippen LogP contribution in [0.15, 0.2) is 30.3 Å². The summed E-state index contributed by atoms with van der Waals surface area (Å²) in [6.07, 6.45) is -1.10. The predicted molar refractivity (Wildman–Crippen MR) is 77.4 cm³/mol. The van der Waals surface area contributed by atoms with Crippen LogP contribution in [0.1, 0.15) is 33.3 Å². The molecule has 0 spiro atoms. The van der Waals surface area contributed by atoms with Gasteiger partial charge in [-0.25, -0.2) is 4.79 Å². The summed E-state index contributed by atoms with van der Waals surface area (Å²) < 4.78 is 0. The first-order chi connectivity index (χ1) is 9.23. The van der Waals surface area contributed by atoms with Crippen LogP contribution < -0.4 is 5.32 Å². The Bertz CT molecular complexity index is 466. The normalized spacial score (nSPS) is 12.6. The van der Waals surface area contributed by atoms with Crippen molar-refractivity contribution in [3.63, 3.8) is 0 Å². The second-order valence-electron chi connectivity index (χ2n) is 5.70. The molecule has 2 N–H and O–H groups in total. The largest absolute Gasteiger partial charge is 0.465 e. The van der Waals surface area contributed by atoms with Crippen LogP contribution in [-0.4, -0.2) is 33.6 Å². The van der Waals surface area contributed by atoms with E-state index in [4.69, 9.17) is 0 Å². The van der Waals surface area contributed by atoms with Crippen molar-refractivity contribution in [3.05, 3.63) is 35.9 Å². The summed E-state index contributed by atoms with van der Waals surface area (Å²) in [4.78, 5) is 24.6. The minimum atomic E-state index is -1.10. The Labute approximate surface area is 119 Å². The lowest BCUT2D eigenvalue weighted by Gasteiger charge is -2.37. The molecule has 2 amide bonds. The van der Waals surface area contributed by atoms with Gasteiger partial charge in [-0.3, -0.25) is 9.69 Å². The van der Waals surface area contributed by atoms with E-state index in [0.717, 1.165) is 10.5 Å². The molecule has 20 heavy (non-hydrogen) atoms. The number of benzene rings is 1. The van der Waals surface area contributed by atoms with Gasteiger partial charge in [0.05, 0.1) is 0 Å². The van der Waals surface area contributed by atoms with E-state index in [2.05, 4.69) is 5.32 Å². The molecule has 110 valence electrons. The molecule has 0 aliphatic heterocycles. The molecule has 5 nitrogen and oxygen atoms in total. The van der Waals surface area contributed by atoms with Crippen LogP contribution in [0.25, 0.3) is 0 Å². The Morgan fingerprint density at radius 1 is 1.25 bits per heavy atom. The van der Waals surface area contributed by atoms with Crippen LogP contribution in [0.2, 0.25) is 0 Å². The summed E-state index contributed by atoms with van der Waals surface area (Å²) in [6.45, 7) is 7.29. The molecule has 0 aromatic heterocycles. The number of rotatable bonds is 4. The fourth-order valence-electron chi connectivity index (χ4n) is 2.08. The molecule has 0 aliphatic carbocycles. The van der Waals surface area contributed by atoms with Gasteiger partial charge in [0.15, 0.2) is 0 Å². The third-order valence-electron chi connectivity index (χ3n) is 3.01. The second-order valence-corrected chi connectivity index (χ2v) is 5.70. The Morgan fingerprint density at radius 3 is 2.25 bits per heavy atom.